The van der Waals surface area contributed by atoms with Crippen LogP contribution in [0.15, 0.2) is 36.4 Å². The molecule has 2 aromatic rings. The van der Waals surface area contributed by atoms with Gasteiger partial charge in [-0.15, -0.1) is 0 Å². The smallest absolute Gasteiger partial charge is 0.166 e. The van der Waals surface area contributed by atoms with Crippen molar-refractivity contribution in [2.45, 2.75) is 32.6 Å². The predicted molar refractivity (Wildman–Crippen MR) is 110 cm³/mol. The van der Waals surface area contributed by atoms with Gasteiger partial charge in [-0.2, -0.15) is 0 Å². The normalized spacial score (nSPS) is 26.6. The van der Waals surface area contributed by atoms with Gasteiger partial charge in [-0.05, 0) is 42.4 Å². The molecular weight excluding hydrogens is 364 g/mol. The lowest BCUT2D eigenvalue weighted by atomic mass is 9.88. The van der Waals surface area contributed by atoms with E-state index in [1.54, 1.807) is 6.07 Å². The summed E-state index contributed by atoms with van der Waals surface area (Å²) < 4.78 is 11.4. The van der Waals surface area contributed by atoms with Crippen LogP contribution in [-0.2, 0) is 4.74 Å². The van der Waals surface area contributed by atoms with Gasteiger partial charge in [0.05, 0.1) is 25.4 Å². The fourth-order valence-electron chi connectivity index (χ4n) is 4.95. The Morgan fingerprint density at radius 2 is 1.72 bits per heavy atom. The van der Waals surface area contributed by atoms with E-state index in [0.717, 1.165) is 24.3 Å². The molecule has 0 bridgehead atoms. The summed E-state index contributed by atoms with van der Waals surface area (Å²) in [6.45, 7) is 5.99. The Balaban J connectivity index is 1.49. The highest BCUT2D eigenvalue weighted by Gasteiger charge is 2.54. The van der Waals surface area contributed by atoms with E-state index in [9.17, 15) is 9.59 Å². The molecule has 2 fully saturated rings. The molecule has 4 atom stereocenters. The van der Waals surface area contributed by atoms with E-state index in [1.807, 2.05) is 13.0 Å². The molecule has 5 rings (SSSR count). The number of carbonyl (C=O) groups is 2. The average Bonchev–Trinajstić information content (AvgIpc) is 3.09. The van der Waals surface area contributed by atoms with Gasteiger partial charge in [0.2, 0.25) is 0 Å². The highest BCUT2D eigenvalue weighted by Crippen LogP contribution is 2.53. The fraction of sp³-hybridized carbons (Fsp3) is 0.440. The van der Waals surface area contributed by atoms with Crippen LogP contribution in [0, 0.1) is 24.7 Å². The van der Waals surface area contributed by atoms with Gasteiger partial charge in [-0.25, -0.2) is 0 Å². The quantitative estimate of drug-likeness (QED) is 0.678. The molecule has 4 nitrogen and oxygen atoms in total. The molecule has 3 aliphatic rings. The first kappa shape index (κ1) is 18.6. The van der Waals surface area contributed by atoms with Crippen LogP contribution in [0.1, 0.15) is 63.1 Å². The van der Waals surface area contributed by atoms with E-state index in [4.69, 9.17) is 9.47 Å². The van der Waals surface area contributed by atoms with E-state index in [0.29, 0.717) is 54.1 Å². The maximum Gasteiger partial charge on any atom is 0.166 e. The van der Waals surface area contributed by atoms with E-state index in [1.165, 1.54) is 5.56 Å². The second-order valence-electron chi connectivity index (χ2n) is 8.65. The van der Waals surface area contributed by atoms with Crippen molar-refractivity contribution >= 4 is 11.6 Å². The Bertz CT molecular complexity index is 965. The summed E-state index contributed by atoms with van der Waals surface area (Å²) in [6, 6.07) is 12.1. The van der Waals surface area contributed by atoms with Crippen LogP contribution in [0.4, 0.5) is 0 Å². The molecule has 2 aromatic carbocycles. The zero-order chi connectivity index (χ0) is 20.1. The Morgan fingerprint density at radius 1 is 1.00 bits per heavy atom. The van der Waals surface area contributed by atoms with Gasteiger partial charge in [0.25, 0.3) is 0 Å². The summed E-state index contributed by atoms with van der Waals surface area (Å²) in [6.07, 6.45) is 0.944. The molecule has 1 saturated carbocycles. The van der Waals surface area contributed by atoms with E-state index < -0.39 is 0 Å². The van der Waals surface area contributed by atoms with Crippen molar-refractivity contribution in [2.24, 2.45) is 17.8 Å². The van der Waals surface area contributed by atoms with Crippen molar-refractivity contribution in [1.29, 1.82) is 0 Å². The number of ether oxygens (including phenoxy) is 2. The lowest BCUT2D eigenvalue weighted by Crippen LogP contribution is -2.09. The van der Waals surface area contributed by atoms with Crippen molar-refractivity contribution in [2.75, 3.05) is 19.8 Å². The second kappa shape index (κ2) is 7.10. The first-order valence-corrected chi connectivity index (χ1v) is 10.6. The Labute approximate surface area is 171 Å². The maximum atomic E-state index is 13.1. The van der Waals surface area contributed by atoms with Crippen LogP contribution in [0.25, 0.3) is 0 Å². The highest BCUT2D eigenvalue weighted by molar-refractivity contribution is 6.04. The zero-order valence-electron chi connectivity index (χ0n) is 16.9. The topological polar surface area (TPSA) is 52.6 Å². The van der Waals surface area contributed by atoms with E-state index >= 15 is 0 Å². The van der Waals surface area contributed by atoms with Gasteiger partial charge in [-0.1, -0.05) is 36.8 Å². The largest absolute Gasteiger partial charge is 0.492 e. The van der Waals surface area contributed by atoms with Crippen LogP contribution in [0.5, 0.6) is 5.75 Å². The second-order valence-corrected chi connectivity index (χ2v) is 8.65. The van der Waals surface area contributed by atoms with Crippen LogP contribution in [-0.4, -0.2) is 31.4 Å². The molecule has 4 heteroatoms. The molecule has 0 aromatic heterocycles. The van der Waals surface area contributed by atoms with Crippen LogP contribution >= 0.6 is 0 Å². The third kappa shape index (κ3) is 3.20. The molecule has 0 radical (unpaired) electrons. The van der Waals surface area contributed by atoms with E-state index in [-0.39, 0.29) is 17.5 Å². The first-order valence-electron chi connectivity index (χ1n) is 10.6. The van der Waals surface area contributed by atoms with Crippen molar-refractivity contribution in [3.63, 3.8) is 0 Å². The Morgan fingerprint density at radius 3 is 2.41 bits per heavy atom. The van der Waals surface area contributed by atoms with Gasteiger partial charge in [-0.3, -0.25) is 9.59 Å². The summed E-state index contributed by atoms with van der Waals surface area (Å²) in [7, 11) is 0. The lowest BCUT2D eigenvalue weighted by molar-refractivity contribution is 0.0951. The Kier molecular flexibility index (Phi) is 4.54. The molecular formula is C25H26O4. The van der Waals surface area contributed by atoms with Gasteiger partial charge >= 0.3 is 0 Å². The van der Waals surface area contributed by atoms with Gasteiger partial charge < -0.3 is 9.47 Å². The van der Waals surface area contributed by atoms with Crippen LogP contribution in [0.2, 0.25) is 0 Å². The first-order chi connectivity index (χ1) is 14.1. The number of fused-ring (bicyclic) bond motifs is 2. The number of hydrogen-bond acceptors (Lipinski definition) is 4. The molecule has 1 saturated heterocycles. The standard InChI is InChI=1S/C25H26O4/c1-3-23(26)19-9-16(24(27)10-17-21-11-28-12-22(17)21)8-18-20(13-29-25(18)19)15-6-4-14(2)5-7-15/h4-9,17,20-22H,3,10-13H2,1-2H3/t17?,20?,21-,22+. The predicted octanol–water partition coefficient (Wildman–Crippen LogP) is 4.58. The third-order valence-corrected chi connectivity index (χ3v) is 6.86. The SMILES string of the molecule is CCC(=O)c1cc(C(=O)CC2[C@H]3COC[C@@H]23)cc2c1OCC2c1ccc(C)cc1. The minimum Gasteiger partial charge on any atom is -0.492 e. The summed E-state index contributed by atoms with van der Waals surface area (Å²) in [5, 5.41) is 0. The molecule has 29 heavy (non-hydrogen) atoms. The van der Waals surface area contributed by atoms with Gasteiger partial charge in [0.1, 0.15) is 5.75 Å². The monoisotopic (exact) mass is 390 g/mol. The fourth-order valence-corrected chi connectivity index (χ4v) is 4.95. The number of carbonyl (C=O) groups excluding carboxylic acids is 2. The molecule has 2 unspecified atom stereocenters. The minimum absolute atomic E-state index is 0.0251. The average molecular weight is 390 g/mol. The van der Waals surface area contributed by atoms with Crippen LogP contribution in [0.3, 0.4) is 0 Å². The van der Waals surface area contributed by atoms with E-state index in [2.05, 4.69) is 31.2 Å². The molecule has 2 heterocycles. The maximum absolute atomic E-state index is 13.1. The van der Waals surface area contributed by atoms with Crippen molar-refractivity contribution in [3.8, 4) is 5.75 Å². The van der Waals surface area contributed by atoms with Crippen molar-refractivity contribution in [3.05, 3.63) is 64.2 Å². The molecule has 0 spiro atoms. The van der Waals surface area contributed by atoms with Crippen molar-refractivity contribution in [1.82, 2.24) is 0 Å². The lowest BCUT2D eigenvalue weighted by Gasteiger charge is -2.13. The third-order valence-electron chi connectivity index (χ3n) is 6.86. The molecule has 0 amide bonds. The summed E-state index contributed by atoms with van der Waals surface area (Å²) in [5.74, 6) is 2.41. The summed E-state index contributed by atoms with van der Waals surface area (Å²) in [4.78, 5) is 25.7. The number of ketones is 2. The number of benzene rings is 2. The minimum atomic E-state index is 0.0251. The molecule has 1 aliphatic carbocycles. The molecule has 0 N–H and O–H groups in total. The molecule has 150 valence electrons. The Hall–Kier alpha value is -2.46. The number of rotatable bonds is 6. The number of aryl methyl sites for hydroxylation is 1. The summed E-state index contributed by atoms with van der Waals surface area (Å²) in [5.41, 5.74) is 4.53. The zero-order valence-corrected chi connectivity index (χ0v) is 16.9. The number of hydrogen-bond donors (Lipinski definition) is 0. The van der Waals surface area contributed by atoms with Crippen molar-refractivity contribution < 1.29 is 19.1 Å². The highest BCUT2D eigenvalue weighted by atomic mass is 16.5. The summed E-state index contributed by atoms with van der Waals surface area (Å²) >= 11 is 0. The van der Waals surface area contributed by atoms with Crippen LogP contribution < -0.4 is 4.74 Å². The molecule has 2 aliphatic heterocycles. The number of Topliss-reactive ketones (excluding diaryl/α,β-unsaturated/α-hetero) is 2. The van der Waals surface area contributed by atoms with Gasteiger partial charge in [0.15, 0.2) is 11.6 Å². The van der Waals surface area contributed by atoms with Gasteiger partial charge in [0, 0.05) is 29.9 Å².